The molecule has 0 N–H and O–H groups in total. The van der Waals surface area contributed by atoms with Gasteiger partial charge in [-0.2, -0.15) is 0 Å². The predicted octanol–water partition coefficient (Wildman–Crippen LogP) is 2.11. The zero-order valence-electron chi connectivity index (χ0n) is 7.35. The molecule has 0 saturated carbocycles. The molecule has 0 aliphatic carbocycles. The van der Waals surface area contributed by atoms with E-state index in [2.05, 4.69) is 0 Å². The summed E-state index contributed by atoms with van der Waals surface area (Å²) in [6.45, 7) is 3.89. The zero-order valence-corrected chi connectivity index (χ0v) is 7.35. The van der Waals surface area contributed by atoms with Crippen LogP contribution in [0.25, 0.3) is 0 Å². The van der Waals surface area contributed by atoms with E-state index in [1.165, 1.54) is 0 Å². The van der Waals surface area contributed by atoms with Gasteiger partial charge in [0.15, 0.2) is 0 Å². The second-order valence-corrected chi connectivity index (χ2v) is 2.75. The van der Waals surface area contributed by atoms with Crippen LogP contribution in [0.3, 0.4) is 0 Å². The Morgan fingerprint density at radius 2 is 1.27 bits per heavy atom. The molecule has 0 spiro atoms. The number of hydrogen-bond acceptors (Lipinski definition) is 2. The molecule has 0 fully saturated rings. The SMILES string of the molecule is CCCC(=O)CC(=O)CCC. The Kier molecular flexibility index (Phi) is 5.71. The highest BCUT2D eigenvalue weighted by Crippen LogP contribution is 1.99. The highest BCUT2D eigenvalue weighted by atomic mass is 16.1. The number of carbonyl (C=O) groups excluding carboxylic acids is 2. The molecule has 0 aromatic rings. The van der Waals surface area contributed by atoms with Crippen molar-refractivity contribution in [3.63, 3.8) is 0 Å². The Morgan fingerprint density at radius 1 is 0.909 bits per heavy atom. The summed E-state index contributed by atoms with van der Waals surface area (Å²) >= 11 is 0. The van der Waals surface area contributed by atoms with Gasteiger partial charge < -0.3 is 0 Å². The molecule has 0 unspecified atom stereocenters. The average Bonchev–Trinajstić information content (AvgIpc) is 1.87. The molecule has 0 aliphatic rings. The molecule has 0 rings (SSSR count). The molecule has 11 heavy (non-hydrogen) atoms. The number of hydrogen-bond donors (Lipinski definition) is 0. The molecule has 0 aromatic carbocycles. The van der Waals surface area contributed by atoms with Gasteiger partial charge in [-0.3, -0.25) is 9.59 Å². The van der Waals surface area contributed by atoms with E-state index in [0.717, 1.165) is 12.8 Å². The summed E-state index contributed by atoms with van der Waals surface area (Å²) in [5.74, 6) is 0.178. The van der Waals surface area contributed by atoms with Crippen LogP contribution in [0.1, 0.15) is 46.0 Å². The van der Waals surface area contributed by atoms with Gasteiger partial charge in [0.25, 0.3) is 0 Å². The molecule has 0 heterocycles. The topological polar surface area (TPSA) is 34.1 Å². The highest BCUT2D eigenvalue weighted by molar-refractivity contribution is 5.98. The van der Waals surface area contributed by atoms with E-state index in [1.807, 2.05) is 13.8 Å². The van der Waals surface area contributed by atoms with Gasteiger partial charge in [0.1, 0.15) is 11.6 Å². The average molecular weight is 156 g/mol. The van der Waals surface area contributed by atoms with Crippen LogP contribution < -0.4 is 0 Å². The zero-order chi connectivity index (χ0) is 8.69. The summed E-state index contributed by atoms with van der Waals surface area (Å²) in [6, 6.07) is 0. The first-order valence-electron chi connectivity index (χ1n) is 4.24. The second kappa shape index (κ2) is 6.08. The monoisotopic (exact) mass is 156 g/mol. The fourth-order valence-corrected chi connectivity index (χ4v) is 0.954. The molecule has 2 heteroatoms. The highest BCUT2D eigenvalue weighted by Gasteiger charge is 2.06. The maximum Gasteiger partial charge on any atom is 0.140 e. The molecule has 0 aromatic heterocycles. The van der Waals surface area contributed by atoms with Gasteiger partial charge in [-0.15, -0.1) is 0 Å². The minimum atomic E-state index is 0.0888. The number of rotatable bonds is 6. The van der Waals surface area contributed by atoms with Crippen molar-refractivity contribution in [3.8, 4) is 0 Å². The lowest BCUT2D eigenvalue weighted by Gasteiger charge is -1.96. The lowest BCUT2D eigenvalue weighted by Crippen LogP contribution is -2.06. The van der Waals surface area contributed by atoms with Crippen LogP contribution in [-0.4, -0.2) is 11.6 Å². The van der Waals surface area contributed by atoms with E-state index in [9.17, 15) is 9.59 Å². The van der Waals surface area contributed by atoms with Crippen molar-refractivity contribution in [2.75, 3.05) is 0 Å². The van der Waals surface area contributed by atoms with Crippen molar-refractivity contribution in [1.82, 2.24) is 0 Å². The molecule has 0 aliphatic heterocycles. The summed E-state index contributed by atoms with van der Waals surface area (Å²) in [5.41, 5.74) is 0. The molecule has 2 nitrogen and oxygen atoms in total. The van der Waals surface area contributed by atoms with Crippen LogP contribution in [0.5, 0.6) is 0 Å². The Balaban J connectivity index is 3.49. The first-order valence-corrected chi connectivity index (χ1v) is 4.24. The van der Waals surface area contributed by atoms with Gasteiger partial charge in [-0.25, -0.2) is 0 Å². The van der Waals surface area contributed by atoms with E-state index in [4.69, 9.17) is 0 Å². The van der Waals surface area contributed by atoms with Crippen molar-refractivity contribution in [2.24, 2.45) is 0 Å². The molecular weight excluding hydrogens is 140 g/mol. The quantitative estimate of drug-likeness (QED) is 0.552. The Bertz CT molecular complexity index is 122. The van der Waals surface area contributed by atoms with E-state index >= 15 is 0 Å². The van der Waals surface area contributed by atoms with Gasteiger partial charge in [0.2, 0.25) is 0 Å². The summed E-state index contributed by atoms with van der Waals surface area (Å²) in [7, 11) is 0. The molecule has 64 valence electrons. The minimum absolute atomic E-state index is 0.0888. The van der Waals surface area contributed by atoms with Crippen molar-refractivity contribution in [1.29, 1.82) is 0 Å². The second-order valence-electron chi connectivity index (χ2n) is 2.75. The fraction of sp³-hybridized carbons (Fsp3) is 0.778. The van der Waals surface area contributed by atoms with Gasteiger partial charge in [-0.1, -0.05) is 13.8 Å². The first kappa shape index (κ1) is 10.3. The van der Waals surface area contributed by atoms with Gasteiger partial charge >= 0.3 is 0 Å². The third-order valence-corrected chi connectivity index (χ3v) is 1.45. The molecule has 0 radical (unpaired) electrons. The van der Waals surface area contributed by atoms with Crippen molar-refractivity contribution >= 4 is 11.6 Å². The van der Waals surface area contributed by atoms with E-state index in [1.54, 1.807) is 0 Å². The lowest BCUT2D eigenvalue weighted by molar-refractivity contribution is -0.127. The van der Waals surface area contributed by atoms with Gasteiger partial charge in [-0.05, 0) is 12.8 Å². The first-order chi connectivity index (χ1) is 5.20. The Morgan fingerprint density at radius 3 is 1.55 bits per heavy atom. The maximum absolute atomic E-state index is 10.9. The van der Waals surface area contributed by atoms with E-state index in [-0.39, 0.29) is 18.0 Å². The van der Waals surface area contributed by atoms with Crippen LogP contribution in [0.4, 0.5) is 0 Å². The number of Topliss-reactive ketones (excluding diaryl/α,β-unsaturated/α-hetero) is 2. The summed E-state index contributed by atoms with van der Waals surface area (Å²) in [5, 5.41) is 0. The third-order valence-electron chi connectivity index (χ3n) is 1.45. The summed E-state index contributed by atoms with van der Waals surface area (Å²) < 4.78 is 0. The van der Waals surface area contributed by atoms with Crippen LogP contribution in [0, 0.1) is 0 Å². The van der Waals surface area contributed by atoms with Crippen LogP contribution in [-0.2, 0) is 9.59 Å². The summed E-state index contributed by atoms with van der Waals surface area (Å²) in [4.78, 5) is 21.8. The normalized spacial score (nSPS) is 9.64. The predicted molar refractivity (Wildman–Crippen MR) is 44.4 cm³/mol. The largest absolute Gasteiger partial charge is 0.299 e. The molecule has 0 atom stereocenters. The maximum atomic E-state index is 10.9. The number of carbonyl (C=O) groups is 2. The molecule has 0 bridgehead atoms. The fourth-order valence-electron chi connectivity index (χ4n) is 0.954. The van der Waals surface area contributed by atoms with E-state index < -0.39 is 0 Å². The standard InChI is InChI=1S/C9H16O2/c1-3-5-8(10)7-9(11)6-4-2/h3-7H2,1-2H3. The van der Waals surface area contributed by atoms with Gasteiger partial charge in [0.05, 0.1) is 6.42 Å². The van der Waals surface area contributed by atoms with Crippen LogP contribution in [0.15, 0.2) is 0 Å². The van der Waals surface area contributed by atoms with Crippen molar-refractivity contribution in [2.45, 2.75) is 46.0 Å². The minimum Gasteiger partial charge on any atom is -0.299 e. The number of ketones is 2. The smallest absolute Gasteiger partial charge is 0.140 e. The summed E-state index contributed by atoms with van der Waals surface area (Å²) in [6.07, 6.45) is 2.95. The molecule has 0 saturated heterocycles. The molecule has 0 amide bonds. The van der Waals surface area contributed by atoms with Gasteiger partial charge in [0, 0.05) is 12.8 Å². The Hall–Kier alpha value is -0.660. The molecular formula is C9H16O2. The lowest BCUT2D eigenvalue weighted by atomic mass is 10.1. The third kappa shape index (κ3) is 5.77. The Labute approximate surface area is 68.0 Å². The van der Waals surface area contributed by atoms with Crippen LogP contribution >= 0.6 is 0 Å². The van der Waals surface area contributed by atoms with Crippen molar-refractivity contribution in [3.05, 3.63) is 0 Å². The van der Waals surface area contributed by atoms with Crippen LogP contribution in [0.2, 0.25) is 0 Å². The van der Waals surface area contributed by atoms with E-state index in [0.29, 0.717) is 12.8 Å². The van der Waals surface area contributed by atoms with Crippen molar-refractivity contribution < 1.29 is 9.59 Å².